The number of carbonyl (C=O) groups excluding carboxylic acids is 1. The van der Waals surface area contributed by atoms with Crippen LogP contribution in [0.4, 0.5) is 4.79 Å². The van der Waals surface area contributed by atoms with E-state index in [-0.39, 0.29) is 17.5 Å². The Bertz CT molecular complexity index is 404. The maximum atomic E-state index is 12.1. The predicted molar refractivity (Wildman–Crippen MR) is 81.1 cm³/mol. The van der Waals surface area contributed by atoms with E-state index in [1.165, 1.54) is 19.3 Å². The summed E-state index contributed by atoms with van der Waals surface area (Å²) < 4.78 is 0. The van der Waals surface area contributed by atoms with Gasteiger partial charge in [0.2, 0.25) is 0 Å². The number of urea groups is 1. The second-order valence-electron chi connectivity index (χ2n) is 7.37. The monoisotopic (exact) mass is 296 g/mol. The Hall–Kier alpha value is -1.26. The fourth-order valence-corrected chi connectivity index (χ4v) is 3.74. The second kappa shape index (κ2) is 6.24. The summed E-state index contributed by atoms with van der Waals surface area (Å²) >= 11 is 0. The van der Waals surface area contributed by atoms with Crippen LogP contribution in [-0.4, -0.2) is 29.7 Å². The van der Waals surface area contributed by atoms with Crippen molar-refractivity contribution in [3.63, 3.8) is 0 Å². The summed E-state index contributed by atoms with van der Waals surface area (Å²) in [5.74, 6) is -0.815. The number of hydrogen-bond acceptors (Lipinski definition) is 2. The Balaban J connectivity index is 1.83. The molecule has 5 heteroatoms. The Labute approximate surface area is 126 Å². The van der Waals surface area contributed by atoms with Gasteiger partial charge in [-0.05, 0) is 38.0 Å². The average Bonchev–Trinajstić information content (AvgIpc) is 2.80. The standard InChI is InChI=1S/C16H28N2O3/c1-15(8-4-3-5-9-15)11-17-14(21)18-12-7-6-10-16(12,2)13(19)20/h12H,3-11H2,1-2H3,(H,19,20)(H2,17,18,21). The Morgan fingerprint density at radius 1 is 1.10 bits per heavy atom. The predicted octanol–water partition coefficient (Wildman–Crippen LogP) is 2.90. The minimum absolute atomic E-state index is 0.196. The minimum atomic E-state index is -0.827. The number of amides is 2. The summed E-state index contributed by atoms with van der Waals surface area (Å²) in [6.07, 6.45) is 8.30. The zero-order chi connectivity index (χ0) is 15.5. The third kappa shape index (κ3) is 3.69. The van der Waals surface area contributed by atoms with Crippen molar-refractivity contribution < 1.29 is 14.7 Å². The number of rotatable bonds is 4. The van der Waals surface area contributed by atoms with Crippen molar-refractivity contribution in [1.29, 1.82) is 0 Å². The molecule has 0 bridgehead atoms. The molecule has 2 atom stereocenters. The van der Waals surface area contributed by atoms with E-state index in [9.17, 15) is 14.7 Å². The number of hydrogen-bond donors (Lipinski definition) is 3. The van der Waals surface area contributed by atoms with Crippen molar-refractivity contribution in [2.45, 2.75) is 71.3 Å². The highest BCUT2D eigenvalue weighted by atomic mass is 16.4. The molecule has 120 valence electrons. The lowest BCUT2D eigenvalue weighted by molar-refractivity contribution is -0.148. The van der Waals surface area contributed by atoms with Gasteiger partial charge in [0.15, 0.2) is 0 Å². The molecule has 2 aliphatic carbocycles. The summed E-state index contributed by atoms with van der Waals surface area (Å²) in [6.45, 7) is 4.63. The Kier molecular flexibility index (Phi) is 4.79. The van der Waals surface area contributed by atoms with Crippen LogP contribution in [0.2, 0.25) is 0 Å². The van der Waals surface area contributed by atoms with E-state index in [2.05, 4.69) is 17.6 Å². The van der Waals surface area contributed by atoms with Crippen LogP contribution in [0.1, 0.15) is 65.2 Å². The van der Waals surface area contributed by atoms with Crippen molar-refractivity contribution in [3.8, 4) is 0 Å². The highest BCUT2D eigenvalue weighted by Crippen LogP contribution is 2.38. The molecule has 0 heterocycles. The zero-order valence-electron chi connectivity index (χ0n) is 13.2. The summed E-state index contributed by atoms with van der Waals surface area (Å²) in [5.41, 5.74) is -0.632. The van der Waals surface area contributed by atoms with Crippen molar-refractivity contribution in [1.82, 2.24) is 10.6 Å². The first-order valence-electron chi connectivity index (χ1n) is 8.14. The van der Waals surface area contributed by atoms with Gasteiger partial charge in [-0.15, -0.1) is 0 Å². The lowest BCUT2D eigenvalue weighted by Gasteiger charge is -2.34. The van der Waals surface area contributed by atoms with Gasteiger partial charge in [-0.1, -0.05) is 32.6 Å². The van der Waals surface area contributed by atoms with Gasteiger partial charge < -0.3 is 15.7 Å². The molecule has 2 amide bonds. The Morgan fingerprint density at radius 2 is 1.76 bits per heavy atom. The first-order chi connectivity index (χ1) is 9.86. The molecule has 0 aromatic carbocycles. The molecule has 2 fully saturated rings. The second-order valence-corrected chi connectivity index (χ2v) is 7.37. The average molecular weight is 296 g/mol. The maximum Gasteiger partial charge on any atom is 0.315 e. The number of carboxylic acid groups (broad SMARTS) is 1. The van der Waals surface area contributed by atoms with Crippen molar-refractivity contribution in [3.05, 3.63) is 0 Å². The third-order valence-electron chi connectivity index (χ3n) is 5.49. The summed E-state index contributed by atoms with van der Waals surface area (Å²) in [4.78, 5) is 23.5. The van der Waals surface area contributed by atoms with Gasteiger partial charge >= 0.3 is 12.0 Å². The molecule has 3 N–H and O–H groups in total. The van der Waals surface area contributed by atoms with Gasteiger partial charge in [0.1, 0.15) is 0 Å². The summed E-state index contributed by atoms with van der Waals surface area (Å²) in [5, 5.41) is 15.2. The molecule has 5 nitrogen and oxygen atoms in total. The fraction of sp³-hybridized carbons (Fsp3) is 0.875. The molecule has 21 heavy (non-hydrogen) atoms. The van der Waals surface area contributed by atoms with Gasteiger partial charge in [-0.3, -0.25) is 4.79 Å². The quantitative estimate of drug-likeness (QED) is 0.746. The van der Waals surface area contributed by atoms with E-state index >= 15 is 0 Å². The fourth-order valence-electron chi connectivity index (χ4n) is 3.74. The highest BCUT2D eigenvalue weighted by molar-refractivity contribution is 5.79. The largest absolute Gasteiger partial charge is 0.481 e. The zero-order valence-corrected chi connectivity index (χ0v) is 13.2. The van der Waals surface area contributed by atoms with Gasteiger partial charge in [-0.2, -0.15) is 0 Å². The van der Waals surface area contributed by atoms with Crippen molar-refractivity contribution in [2.75, 3.05) is 6.54 Å². The molecule has 0 saturated heterocycles. The van der Waals surface area contributed by atoms with Crippen LogP contribution in [0.5, 0.6) is 0 Å². The lowest BCUT2D eigenvalue weighted by atomic mass is 9.76. The normalized spacial score (nSPS) is 31.6. The maximum absolute atomic E-state index is 12.1. The van der Waals surface area contributed by atoms with Crippen molar-refractivity contribution >= 4 is 12.0 Å². The molecule has 0 aliphatic heterocycles. The molecule has 2 aliphatic rings. The highest BCUT2D eigenvalue weighted by Gasteiger charge is 2.46. The molecule has 2 rings (SSSR count). The van der Waals surface area contributed by atoms with Crippen molar-refractivity contribution in [2.24, 2.45) is 10.8 Å². The van der Waals surface area contributed by atoms with Crippen LogP contribution in [0.25, 0.3) is 0 Å². The third-order valence-corrected chi connectivity index (χ3v) is 5.49. The van der Waals surface area contributed by atoms with Crippen LogP contribution in [0, 0.1) is 10.8 Å². The van der Waals surface area contributed by atoms with Gasteiger partial charge in [0.25, 0.3) is 0 Å². The minimum Gasteiger partial charge on any atom is -0.481 e. The van der Waals surface area contributed by atoms with Crippen LogP contribution in [0.15, 0.2) is 0 Å². The number of aliphatic carboxylic acids is 1. The summed E-state index contributed by atoms with van der Waals surface area (Å²) in [6, 6.07) is -0.490. The first kappa shape index (κ1) is 16.1. The van der Waals surface area contributed by atoms with E-state index in [1.54, 1.807) is 6.92 Å². The molecular weight excluding hydrogens is 268 g/mol. The van der Waals surface area contributed by atoms with Gasteiger partial charge in [-0.25, -0.2) is 4.79 Å². The summed E-state index contributed by atoms with van der Waals surface area (Å²) in [7, 11) is 0. The molecule has 0 radical (unpaired) electrons. The first-order valence-corrected chi connectivity index (χ1v) is 8.14. The van der Waals surface area contributed by atoms with Gasteiger partial charge in [0, 0.05) is 12.6 Å². The van der Waals surface area contributed by atoms with Crippen LogP contribution < -0.4 is 10.6 Å². The van der Waals surface area contributed by atoms with E-state index in [0.29, 0.717) is 13.0 Å². The van der Waals surface area contributed by atoms with Gasteiger partial charge in [0.05, 0.1) is 5.41 Å². The van der Waals surface area contributed by atoms with E-state index in [4.69, 9.17) is 0 Å². The van der Waals surface area contributed by atoms with Crippen LogP contribution in [0.3, 0.4) is 0 Å². The van der Waals surface area contributed by atoms with Crippen LogP contribution >= 0.6 is 0 Å². The molecule has 2 saturated carbocycles. The van der Waals surface area contributed by atoms with Crippen LogP contribution in [-0.2, 0) is 4.79 Å². The van der Waals surface area contributed by atoms with E-state index < -0.39 is 11.4 Å². The Morgan fingerprint density at radius 3 is 2.38 bits per heavy atom. The van der Waals surface area contributed by atoms with E-state index in [0.717, 1.165) is 25.7 Å². The molecule has 0 spiro atoms. The molecule has 0 aromatic heterocycles. The smallest absolute Gasteiger partial charge is 0.315 e. The number of carboxylic acids is 1. The molecular formula is C16H28N2O3. The lowest BCUT2D eigenvalue weighted by Crippen LogP contribution is -2.51. The number of carbonyl (C=O) groups is 2. The molecule has 0 aromatic rings. The topological polar surface area (TPSA) is 78.4 Å². The van der Waals surface area contributed by atoms with E-state index in [1.807, 2.05) is 0 Å². The number of nitrogens with one attached hydrogen (secondary N) is 2. The molecule has 2 unspecified atom stereocenters. The SMILES string of the molecule is CC1(CNC(=O)NC2CCCC2(C)C(=O)O)CCCCC1.